The minimum atomic E-state index is 0.158. The lowest BCUT2D eigenvalue weighted by Crippen LogP contribution is -2.51. The summed E-state index contributed by atoms with van der Waals surface area (Å²) >= 11 is 0. The van der Waals surface area contributed by atoms with Gasteiger partial charge in [-0.1, -0.05) is 56.9 Å². The minimum Gasteiger partial charge on any atom is -0.329 e. The maximum Gasteiger partial charge on any atom is 0.0307 e. The molecule has 1 heterocycles. The van der Waals surface area contributed by atoms with Gasteiger partial charge in [-0.25, -0.2) is 0 Å². The van der Waals surface area contributed by atoms with Crippen molar-refractivity contribution >= 4 is 0 Å². The van der Waals surface area contributed by atoms with Crippen LogP contribution in [0.1, 0.15) is 63.5 Å². The smallest absolute Gasteiger partial charge is 0.0307 e. The zero-order valence-corrected chi connectivity index (χ0v) is 13.9. The molecule has 0 saturated carbocycles. The SMILES string of the molecule is CCCCCCC(C)(CN)N1CCCc2ccccc2C1. The van der Waals surface area contributed by atoms with Gasteiger partial charge in [-0.05, 0) is 43.9 Å². The number of hydrogen-bond acceptors (Lipinski definition) is 2. The van der Waals surface area contributed by atoms with Crippen molar-refractivity contribution in [1.82, 2.24) is 4.90 Å². The minimum absolute atomic E-state index is 0.158. The fourth-order valence-corrected chi connectivity index (χ4v) is 3.48. The molecule has 0 radical (unpaired) electrons. The van der Waals surface area contributed by atoms with Crippen LogP contribution in [0, 0.1) is 0 Å². The average Bonchev–Trinajstić information content (AvgIpc) is 2.74. The van der Waals surface area contributed by atoms with Gasteiger partial charge in [-0.3, -0.25) is 4.90 Å². The Morgan fingerprint density at radius 1 is 1.14 bits per heavy atom. The summed E-state index contributed by atoms with van der Waals surface area (Å²) in [6, 6.07) is 8.92. The highest BCUT2D eigenvalue weighted by molar-refractivity contribution is 5.28. The molecule has 118 valence electrons. The Morgan fingerprint density at radius 3 is 2.62 bits per heavy atom. The first-order chi connectivity index (χ1) is 10.2. The van der Waals surface area contributed by atoms with E-state index in [2.05, 4.69) is 43.0 Å². The van der Waals surface area contributed by atoms with E-state index in [0.29, 0.717) is 0 Å². The van der Waals surface area contributed by atoms with Crippen LogP contribution < -0.4 is 5.73 Å². The van der Waals surface area contributed by atoms with E-state index in [1.807, 2.05) is 0 Å². The summed E-state index contributed by atoms with van der Waals surface area (Å²) in [5.41, 5.74) is 9.38. The number of hydrogen-bond donors (Lipinski definition) is 1. The molecule has 0 saturated heterocycles. The Kier molecular flexibility index (Phi) is 6.25. The summed E-state index contributed by atoms with van der Waals surface area (Å²) in [7, 11) is 0. The highest BCUT2D eigenvalue weighted by Gasteiger charge is 2.31. The topological polar surface area (TPSA) is 29.3 Å². The Labute approximate surface area is 130 Å². The Bertz CT molecular complexity index is 429. The molecule has 0 aromatic heterocycles. The number of nitrogens with two attached hydrogens (primary N) is 1. The van der Waals surface area contributed by atoms with E-state index in [4.69, 9.17) is 5.73 Å². The molecule has 0 spiro atoms. The van der Waals surface area contributed by atoms with Gasteiger partial charge in [0, 0.05) is 18.6 Å². The molecule has 1 atom stereocenters. The zero-order chi connectivity index (χ0) is 15.1. The molecular formula is C19H32N2. The lowest BCUT2D eigenvalue weighted by atomic mass is 9.91. The Hall–Kier alpha value is -0.860. The summed E-state index contributed by atoms with van der Waals surface area (Å²) in [5.74, 6) is 0. The third-order valence-corrected chi connectivity index (χ3v) is 5.13. The maximum absolute atomic E-state index is 6.18. The monoisotopic (exact) mass is 288 g/mol. The molecule has 1 aliphatic heterocycles. The molecule has 2 rings (SSSR count). The molecular weight excluding hydrogens is 256 g/mol. The number of fused-ring (bicyclic) bond motifs is 1. The highest BCUT2D eigenvalue weighted by atomic mass is 15.2. The fraction of sp³-hybridized carbons (Fsp3) is 0.684. The molecule has 2 nitrogen and oxygen atoms in total. The Balaban J connectivity index is 2.03. The van der Waals surface area contributed by atoms with Gasteiger partial charge < -0.3 is 5.73 Å². The van der Waals surface area contributed by atoms with E-state index in [-0.39, 0.29) is 5.54 Å². The van der Waals surface area contributed by atoms with Gasteiger partial charge in [0.25, 0.3) is 0 Å². The molecule has 1 aliphatic rings. The van der Waals surface area contributed by atoms with Gasteiger partial charge in [-0.15, -0.1) is 0 Å². The van der Waals surface area contributed by atoms with Crippen LogP contribution in [-0.4, -0.2) is 23.5 Å². The van der Waals surface area contributed by atoms with Crippen LogP contribution in [0.3, 0.4) is 0 Å². The van der Waals surface area contributed by atoms with E-state index in [0.717, 1.165) is 13.1 Å². The second-order valence-corrected chi connectivity index (χ2v) is 6.81. The molecule has 0 fully saturated rings. The predicted octanol–water partition coefficient (Wildman–Crippen LogP) is 4.12. The van der Waals surface area contributed by atoms with Gasteiger partial charge in [0.2, 0.25) is 0 Å². The van der Waals surface area contributed by atoms with Gasteiger partial charge in [-0.2, -0.15) is 0 Å². The fourth-order valence-electron chi connectivity index (χ4n) is 3.48. The molecule has 2 heteroatoms. The summed E-state index contributed by atoms with van der Waals surface area (Å²) in [5, 5.41) is 0. The van der Waals surface area contributed by atoms with Crippen molar-refractivity contribution in [3.8, 4) is 0 Å². The first kappa shape index (κ1) is 16.5. The van der Waals surface area contributed by atoms with E-state index < -0.39 is 0 Å². The quantitative estimate of drug-likeness (QED) is 0.765. The second kappa shape index (κ2) is 7.95. The van der Waals surface area contributed by atoms with Gasteiger partial charge in [0.05, 0.1) is 0 Å². The summed E-state index contributed by atoms with van der Waals surface area (Å²) in [6.07, 6.45) is 8.99. The lowest BCUT2D eigenvalue weighted by Gasteiger charge is -2.40. The van der Waals surface area contributed by atoms with Crippen molar-refractivity contribution in [3.63, 3.8) is 0 Å². The van der Waals surface area contributed by atoms with Crippen LogP contribution in [0.2, 0.25) is 0 Å². The number of nitrogens with zero attached hydrogens (tertiary/aromatic N) is 1. The van der Waals surface area contributed by atoms with E-state index in [1.165, 1.54) is 62.6 Å². The van der Waals surface area contributed by atoms with Crippen molar-refractivity contribution in [2.45, 2.75) is 70.9 Å². The molecule has 1 aromatic carbocycles. The molecule has 1 aromatic rings. The van der Waals surface area contributed by atoms with Gasteiger partial charge in [0.15, 0.2) is 0 Å². The molecule has 1 unspecified atom stereocenters. The number of benzene rings is 1. The largest absolute Gasteiger partial charge is 0.329 e. The van der Waals surface area contributed by atoms with Crippen LogP contribution in [0.5, 0.6) is 0 Å². The number of unbranched alkanes of at least 4 members (excludes halogenated alkanes) is 3. The maximum atomic E-state index is 6.18. The average molecular weight is 288 g/mol. The van der Waals surface area contributed by atoms with Crippen LogP contribution >= 0.6 is 0 Å². The molecule has 2 N–H and O–H groups in total. The summed E-state index contributed by atoms with van der Waals surface area (Å²) in [6.45, 7) is 7.65. The lowest BCUT2D eigenvalue weighted by molar-refractivity contribution is 0.0917. The highest BCUT2D eigenvalue weighted by Crippen LogP contribution is 2.28. The normalized spacial score (nSPS) is 18.8. The van der Waals surface area contributed by atoms with Crippen LogP contribution in [0.15, 0.2) is 24.3 Å². The predicted molar refractivity (Wildman–Crippen MR) is 91.4 cm³/mol. The van der Waals surface area contributed by atoms with Crippen molar-refractivity contribution < 1.29 is 0 Å². The molecule has 21 heavy (non-hydrogen) atoms. The van der Waals surface area contributed by atoms with Crippen LogP contribution in [0.25, 0.3) is 0 Å². The van der Waals surface area contributed by atoms with Gasteiger partial charge in [0.1, 0.15) is 0 Å². The van der Waals surface area contributed by atoms with Crippen molar-refractivity contribution in [1.29, 1.82) is 0 Å². The Morgan fingerprint density at radius 2 is 1.90 bits per heavy atom. The molecule has 0 amide bonds. The third kappa shape index (κ3) is 4.31. The van der Waals surface area contributed by atoms with Crippen molar-refractivity contribution in [2.24, 2.45) is 5.73 Å². The number of rotatable bonds is 7. The second-order valence-electron chi connectivity index (χ2n) is 6.81. The third-order valence-electron chi connectivity index (χ3n) is 5.13. The van der Waals surface area contributed by atoms with Crippen molar-refractivity contribution in [2.75, 3.05) is 13.1 Å². The standard InChI is InChI=1S/C19H32N2/c1-3-4-5-8-13-19(2,16-20)21-14-9-12-17-10-6-7-11-18(17)15-21/h6-7,10-11H,3-5,8-9,12-16,20H2,1-2H3. The van der Waals surface area contributed by atoms with Crippen LogP contribution in [-0.2, 0) is 13.0 Å². The first-order valence-corrected chi connectivity index (χ1v) is 8.71. The zero-order valence-electron chi connectivity index (χ0n) is 13.9. The summed E-state index contributed by atoms with van der Waals surface area (Å²) < 4.78 is 0. The van der Waals surface area contributed by atoms with E-state index >= 15 is 0 Å². The number of aryl methyl sites for hydroxylation is 1. The first-order valence-electron chi connectivity index (χ1n) is 8.71. The van der Waals surface area contributed by atoms with Crippen LogP contribution in [0.4, 0.5) is 0 Å². The molecule has 0 bridgehead atoms. The van der Waals surface area contributed by atoms with Gasteiger partial charge >= 0.3 is 0 Å². The van der Waals surface area contributed by atoms with Crippen molar-refractivity contribution in [3.05, 3.63) is 35.4 Å². The molecule has 0 aliphatic carbocycles. The van der Waals surface area contributed by atoms with E-state index in [9.17, 15) is 0 Å². The summed E-state index contributed by atoms with van der Waals surface area (Å²) in [4.78, 5) is 2.64. The van der Waals surface area contributed by atoms with E-state index in [1.54, 1.807) is 0 Å².